The van der Waals surface area contributed by atoms with Gasteiger partial charge in [-0.15, -0.1) is 0 Å². The average molecular weight is 1070 g/mol. The van der Waals surface area contributed by atoms with Crippen LogP contribution in [-0.2, 0) is 0 Å². The van der Waals surface area contributed by atoms with Crippen molar-refractivity contribution in [3.63, 3.8) is 0 Å². The summed E-state index contributed by atoms with van der Waals surface area (Å²) in [4.78, 5) is 60.4. The van der Waals surface area contributed by atoms with Crippen LogP contribution in [0.25, 0.3) is 0 Å². The van der Waals surface area contributed by atoms with Gasteiger partial charge in [-0.3, -0.25) is 16.0 Å². The molecule has 0 aliphatic carbocycles. The van der Waals surface area contributed by atoms with E-state index in [-0.39, 0.29) is 23.0 Å². The number of aromatic nitrogens is 6. The first-order valence-electron chi connectivity index (χ1n) is 19.8. The van der Waals surface area contributed by atoms with Crippen molar-refractivity contribution in [2.45, 2.75) is 46.8 Å². The lowest BCUT2D eigenvalue weighted by atomic mass is 10.3. The fraction of sp³-hybridized carbons (Fsp3) is 0.214. The molecule has 26 heteroatoms. The SMILES string of the molecule is Cc1cc(Cl)nc(NC(=O)Nc2ccc(Cl)c(Cl)c2)n1.Cc1cc(NCC(C)O)nc(NC(=O)Nc2ccc(Cl)c(Cl)c2)n1.Cc1cc(NCC(C)O)nc(NC(=O)Nc2ccc(Cl)c(Cl)c2)n1. The minimum absolute atomic E-state index is 0.118. The summed E-state index contributed by atoms with van der Waals surface area (Å²) in [6.45, 7) is 9.29. The molecule has 6 aromatic rings. The monoisotopic (exact) mass is 1070 g/mol. The maximum absolute atomic E-state index is 12.0. The van der Waals surface area contributed by atoms with Crippen molar-refractivity contribution >= 4 is 146 Å². The highest BCUT2D eigenvalue weighted by Crippen LogP contribution is 2.27. The highest BCUT2D eigenvalue weighted by Gasteiger charge is 2.12. The van der Waals surface area contributed by atoms with Gasteiger partial charge in [0, 0.05) is 59.4 Å². The third kappa shape index (κ3) is 19.8. The molecule has 3 aromatic carbocycles. The summed E-state index contributed by atoms with van der Waals surface area (Å²) in [6.07, 6.45) is -1.04. The van der Waals surface area contributed by atoms with Crippen molar-refractivity contribution in [2.24, 2.45) is 0 Å². The van der Waals surface area contributed by atoms with E-state index >= 15 is 0 Å². The molecule has 2 atom stereocenters. The molecule has 0 saturated heterocycles. The number of amides is 6. The Kier molecular flexibility index (Phi) is 21.5. The lowest BCUT2D eigenvalue weighted by Gasteiger charge is -2.11. The van der Waals surface area contributed by atoms with Crippen molar-refractivity contribution in [3.05, 3.63) is 125 Å². The van der Waals surface area contributed by atoms with Crippen LogP contribution in [0.3, 0.4) is 0 Å². The van der Waals surface area contributed by atoms with Crippen LogP contribution in [0.15, 0.2) is 72.8 Å². The van der Waals surface area contributed by atoms with Gasteiger partial charge in [-0.05, 0) is 95.3 Å². The Bertz CT molecular complexity index is 2580. The summed E-state index contributed by atoms with van der Waals surface area (Å²) in [6, 6.07) is 17.7. The van der Waals surface area contributed by atoms with Crippen molar-refractivity contribution in [1.82, 2.24) is 29.9 Å². The number of halogens is 7. The molecule has 6 amide bonds. The Balaban J connectivity index is 0.000000223. The lowest BCUT2D eigenvalue weighted by Crippen LogP contribution is -2.22. The zero-order valence-corrected chi connectivity index (χ0v) is 41.7. The van der Waals surface area contributed by atoms with Crippen LogP contribution in [0.4, 0.5) is 60.9 Å². The Morgan fingerprint density at radius 3 is 1.04 bits per heavy atom. The first-order chi connectivity index (χ1) is 32.1. The number of benzene rings is 3. The van der Waals surface area contributed by atoms with E-state index in [1.165, 1.54) is 18.2 Å². The molecule has 0 aliphatic heterocycles. The zero-order valence-electron chi connectivity index (χ0n) is 36.4. The quantitative estimate of drug-likeness (QED) is 0.0512. The third-order valence-electron chi connectivity index (χ3n) is 7.90. The van der Waals surface area contributed by atoms with E-state index in [4.69, 9.17) is 81.2 Å². The molecule has 19 nitrogen and oxygen atoms in total. The van der Waals surface area contributed by atoms with Gasteiger partial charge in [0.2, 0.25) is 17.8 Å². The van der Waals surface area contributed by atoms with Crippen molar-refractivity contribution in [1.29, 1.82) is 0 Å². The van der Waals surface area contributed by atoms with Crippen LogP contribution < -0.4 is 42.5 Å². The molecule has 0 saturated carbocycles. The molecule has 0 fully saturated rings. The Labute approximate surface area is 425 Å². The number of aryl methyl sites for hydroxylation is 3. The Hall–Kier alpha value is -5.74. The second-order valence-electron chi connectivity index (χ2n) is 14.2. The number of nitrogens with one attached hydrogen (secondary N) is 8. The fourth-order valence-electron chi connectivity index (χ4n) is 5.03. The van der Waals surface area contributed by atoms with Gasteiger partial charge in [-0.1, -0.05) is 81.2 Å². The third-order valence-corrected chi connectivity index (χ3v) is 10.3. The minimum Gasteiger partial charge on any atom is -0.392 e. The van der Waals surface area contributed by atoms with Gasteiger partial charge in [0.1, 0.15) is 16.8 Å². The topological polar surface area (TPSA) is 265 Å². The van der Waals surface area contributed by atoms with Crippen LogP contribution in [0.1, 0.15) is 30.9 Å². The van der Waals surface area contributed by atoms with E-state index in [9.17, 15) is 24.6 Å². The van der Waals surface area contributed by atoms with E-state index < -0.39 is 30.3 Å². The Morgan fingerprint density at radius 1 is 0.441 bits per heavy atom. The molecule has 6 rings (SSSR count). The van der Waals surface area contributed by atoms with Gasteiger partial charge in [0.05, 0.1) is 42.3 Å². The molecule has 0 bridgehead atoms. The number of rotatable bonds is 12. The van der Waals surface area contributed by atoms with Crippen LogP contribution >= 0.6 is 81.2 Å². The molecule has 2 unspecified atom stereocenters. The minimum atomic E-state index is -0.519. The number of nitrogens with zero attached hydrogens (tertiary/aromatic N) is 6. The predicted octanol–water partition coefficient (Wildman–Crippen LogP) is 11.4. The highest BCUT2D eigenvalue weighted by atomic mass is 35.5. The van der Waals surface area contributed by atoms with Gasteiger partial charge in [-0.25, -0.2) is 34.3 Å². The van der Waals surface area contributed by atoms with Crippen molar-refractivity contribution in [3.8, 4) is 0 Å². The summed E-state index contributed by atoms with van der Waals surface area (Å²) in [5.74, 6) is 1.41. The Morgan fingerprint density at radius 2 is 0.750 bits per heavy atom. The molecular formula is C42H43Cl7N14O5. The van der Waals surface area contributed by atoms with E-state index in [2.05, 4.69) is 72.4 Å². The maximum Gasteiger partial charge on any atom is 0.326 e. The van der Waals surface area contributed by atoms with E-state index in [1.54, 1.807) is 89.2 Å². The van der Waals surface area contributed by atoms with Gasteiger partial charge < -0.3 is 36.8 Å². The predicted molar refractivity (Wildman–Crippen MR) is 273 cm³/mol. The number of aliphatic hydroxyl groups excluding tert-OH is 2. The summed E-state index contributed by atoms with van der Waals surface area (Å²) < 4.78 is 0. The molecule has 0 aliphatic rings. The standard InChI is InChI=1S/2C15H17Cl2N5O2.C12H9Cl3N4O/c2*1-8-5-13(18-7-9(2)23)21-14(19-8)22-15(24)20-10-3-4-11(16)12(17)6-10;1-6-4-10(15)18-11(16-6)19-12(20)17-7-2-3-8(13)9(14)5-7/h2*3-6,9,23H,7H2,1-2H3,(H3,18,19,20,21,22,24);2-5H,1H3,(H2,16,17,18,19,20). The van der Waals surface area contributed by atoms with Crippen LogP contribution in [0, 0.1) is 20.8 Å². The van der Waals surface area contributed by atoms with Crippen molar-refractivity contribution < 1.29 is 24.6 Å². The molecule has 3 aromatic heterocycles. The molecule has 360 valence electrons. The largest absolute Gasteiger partial charge is 0.392 e. The first kappa shape index (κ1) is 54.9. The summed E-state index contributed by atoms with van der Waals surface area (Å²) in [7, 11) is 0. The number of urea groups is 3. The summed E-state index contributed by atoms with van der Waals surface area (Å²) >= 11 is 40.9. The molecule has 10 N–H and O–H groups in total. The van der Waals surface area contributed by atoms with Crippen LogP contribution in [0.5, 0.6) is 0 Å². The number of anilines is 8. The zero-order chi connectivity index (χ0) is 50.1. The van der Waals surface area contributed by atoms with E-state index in [1.807, 2.05) is 0 Å². The molecule has 68 heavy (non-hydrogen) atoms. The number of hydrogen-bond donors (Lipinski definition) is 10. The van der Waals surface area contributed by atoms with Crippen molar-refractivity contribution in [2.75, 3.05) is 55.6 Å². The summed E-state index contributed by atoms with van der Waals surface area (Å²) in [5, 5.41) is 42.4. The fourth-order valence-corrected chi connectivity index (χ4v) is 6.17. The number of hydrogen-bond acceptors (Lipinski definition) is 13. The number of aliphatic hydroxyl groups is 2. The second-order valence-corrected chi connectivity index (χ2v) is 17.0. The summed E-state index contributed by atoms with van der Waals surface area (Å²) in [5.41, 5.74) is 3.46. The highest BCUT2D eigenvalue weighted by molar-refractivity contribution is 6.43. The van der Waals surface area contributed by atoms with Gasteiger partial charge in [0.15, 0.2) is 0 Å². The van der Waals surface area contributed by atoms with Gasteiger partial charge >= 0.3 is 18.1 Å². The maximum atomic E-state index is 12.0. The van der Waals surface area contributed by atoms with E-state index in [0.717, 1.165) is 0 Å². The number of carbonyl (C=O) groups is 3. The lowest BCUT2D eigenvalue weighted by molar-refractivity contribution is 0.207. The van der Waals surface area contributed by atoms with Crippen LogP contribution in [0.2, 0.25) is 35.3 Å². The average Bonchev–Trinajstić information content (AvgIpc) is 3.23. The molecule has 0 radical (unpaired) electrons. The van der Waals surface area contributed by atoms with Gasteiger partial charge in [0.25, 0.3) is 0 Å². The molecule has 3 heterocycles. The number of carbonyl (C=O) groups excluding carboxylic acids is 3. The molecule has 0 spiro atoms. The normalized spacial score (nSPS) is 11.3. The second kappa shape index (κ2) is 26.7. The molecular weight excluding hydrogens is 1030 g/mol. The van der Waals surface area contributed by atoms with E-state index in [0.29, 0.717) is 89.0 Å². The first-order valence-corrected chi connectivity index (χ1v) is 22.4. The van der Waals surface area contributed by atoms with Gasteiger partial charge in [-0.2, -0.15) is 9.97 Å². The van der Waals surface area contributed by atoms with Crippen LogP contribution in [-0.4, -0.2) is 83.5 Å². The smallest absolute Gasteiger partial charge is 0.326 e.